The van der Waals surface area contributed by atoms with Gasteiger partial charge in [-0.25, -0.2) is 4.98 Å². The first kappa shape index (κ1) is 18.0. The number of halogens is 1. The topological polar surface area (TPSA) is 56.7 Å². The van der Waals surface area contributed by atoms with E-state index in [0.29, 0.717) is 28.5 Å². The van der Waals surface area contributed by atoms with Gasteiger partial charge in [-0.1, -0.05) is 49.3 Å². The average Bonchev–Trinajstić information content (AvgIpc) is 3.13. The fraction of sp³-hybridized carbons (Fsp3) is 0.389. The maximum absolute atomic E-state index is 6.18. The zero-order valence-electron chi connectivity index (χ0n) is 14.8. The van der Waals surface area contributed by atoms with Crippen molar-refractivity contribution in [3.05, 3.63) is 46.6 Å². The Bertz CT molecular complexity index is 872. The second-order valence-corrected chi connectivity index (χ2v) is 7.69. The monoisotopic (exact) mass is 376 g/mol. The van der Waals surface area contributed by atoms with Gasteiger partial charge in [-0.05, 0) is 31.9 Å². The molecule has 0 saturated carbocycles. The van der Waals surface area contributed by atoms with E-state index in [2.05, 4.69) is 40.5 Å². The van der Waals surface area contributed by atoms with Gasteiger partial charge in [0.15, 0.2) is 5.16 Å². The molecule has 3 rings (SSSR count). The van der Waals surface area contributed by atoms with Gasteiger partial charge in [0.2, 0.25) is 11.8 Å². The third-order valence-electron chi connectivity index (χ3n) is 3.87. The van der Waals surface area contributed by atoms with Crippen LogP contribution in [0.25, 0.3) is 11.5 Å². The first-order chi connectivity index (χ1) is 12.0. The molecule has 0 unspecified atom stereocenters. The minimum Gasteiger partial charge on any atom is -0.420 e. The van der Waals surface area contributed by atoms with E-state index < -0.39 is 0 Å². The molecule has 5 nitrogen and oxygen atoms in total. The van der Waals surface area contributed by atoms with Crippen LogP contribution in [0, 0.1) is 19.8 Å². The molecule has 0 atom stereocenters. The lowest BCUT2D eigenvalue weighted by Crippen LogP contribution is -2.07. The summed E-state index contributed by atoms with van der Waals surface area (Å²) in [5.74, 6) is 2.14. The van der Waals surface area contributed by atoms with Crippen LogP contribution in [0.1, 0.15) is 31.1 Å². The second kappa shape index (κ2) is 7.62. The molecule has 0 N–H and O–H groups in total. The number of benzene rings is 1. The highest BCUT2D eigenvalue weighted by Gasteiger charge is 2.16. The fourth-order valence-corrected chi connectivity index (χ4v) is 3.65. The molecular formula is C18H21ClN4OS. The first-order valence-corrected chi connectivity index (χ1v) is 9.56. The standard InChI is InChI=1S/C18H21ClN4OS/c1-11(2)9-23-13(4)12(3)20-18(23)25-10-16-21-22-17(24-16)14-7-5-6-8-15(14)19/h5-8,11H,9-10H2,1-4H3. The molecule has 0 amide bonds. The van der Waals surface area contributed by atoms with Crippen molar-refractivity contribution in [2.24, 2.45) is 5.92 Å². The minimum atomic E-state index is 0.444. The predicted molar refractivity (Wildman–Crippen MR) is 101 cm³/mol. The lowest BCUT2D eigenvalue weighted by Gasteiger charge is -2.11. The van der Waals surface area contributed by atoms with Gasteiger partial charge in [-0.2, -0.15) is 0 Å². The molecule has 0 aliphatic rings. The Morgan fingerprint density at radius 3 is 2.68 bits per heavy atom. The summed E-state index contributed by atoms with van der Waals surface area (Å²) < 4.78 is 8.03. The van der Waals surface area contributed by atoms with Gasteiger partial charge < -0.3 is 8.98 Å². The molecule has 25 heavy (non-hydrogen) atoms. The number of hydrogen-bond acceptors (Lipinski definition) is 5. The molecule has 0 bridgehead atoms. The summed E-state index contributed by atoms with van der Waals surface area (Å²) >= 11 is 7.80. The first-order valence-electron chi connectivity index (χ1n) is 8.19. The van der Waals surface area contributed by atoms with Crippen LogP contribution in [0.15, 0.2) is 33.8 Å². The van der Waals surface area contributed by atoms with Gasteiger partial charge in [0, 0.05) is 12.2 Å². The lowest BCUT2D eigenvalue weighted by atomic mass is 10.2. The summed E-state index contributed by atoms with van der Waals surface area (Å²) in [6, 6.07) is 7.45. The molecule has 2 heterocycles. The highest BCUT2D eigenvalue weighted by Crippen LogP contribution is 2.29. The number of rotatable bonds is 6. The zero-order valence-corrected chi connectivity index (χ0v) is 16.4. The van der Waals surface area contributed by atoms with Gasteiger partial charge in [-0.15, -0.1) is 10.2 Å². The number of imidazole rings is 1. The Kier molecular flexibility index (Phi) is 5.49. The average molecular weight is 377 g/mol. The van der Waals surface area contributed by atoms with E-state index in [4.69, 9.17) is 16.0 Å². The number of aryl methyl sites for hydroxylation is 1. The van der Waals surface area contributed by atoms with Crippen LogP contribution in [-0.4, -0.2) is 19.7 Å². The van der Waals surface area contributed by atoms with Crippen molar-refractivity contribution in [3.8, 4) is 11.5 Å². The summed E-state index contributed by atoms with van der Waals surface area (Å²) in [7, 11) is 0. The Balaban J connectivity index is 1.75. The van der Waals surface area contributed by atoms with Gasteiger partial charge in [0.05, 0.1) is 22.0 Å². The molecule has 0 radical (unpaired) electrons. The molecule has 3 aromatic rings. The van der Waals surface area contributed by atoms with E-state index >= 15 is 0 Å². The van der Waals surface area contributed by atoms with E-state index in [-0.39, 0.29) is 0 Å². The van der Waals surface area contributed by atoms with Crippen molar-refractivity contribution in [2.75, 3.05) is 0 Å². The zero-order chi connectivity index (χ0) is 18.0. The molecular weight excluding hydrogens is 356 g/mol. The highest BCUT2D eigenvalue weighted by atomic mass is 35.5. The van der Waals surface area contributed by atoms with Crippen LogP contribution in [0.4, 0.5) is 0 Å². The van der Waals surface area contributed by atoms with Crippen LogP contribution in [0.2, 0.25) is 5.02 Å². The summed E-state index contributed by atoms with van der Waals surface area (Å²) in [6.07, 6.45) is 0. The molecule has 0 aliphatic carbocycles. The maximum Gasteiger partial charge on any atom is 0.249 e. The largest absolute Gasteiger partial charge is 0.420 e. The number of thioether (sulfide) groups is 1. The molecule has 2 aromatic heterocycles. The van der Waals surface area contributed by atoms with Gasteiger partial charge >= 0.3 is 0 Å². The molecule has 0 spiro atoms. The van der Waals surface area contributed by atoms with Gasteiger partial charge in [0.25, 0.3) is 0 Å². The molecule has 132 valence electrons. The fourth-order valence-electron chi connectivity index (χ4n) is 2.50. The highest BCUT2D eigenvalue weighted by molar-refractivity contribution is 7.98. The Hall–Kier alpha value is -1.79. The van der Waals surface area contributed by atoms with Crippen LogP contribution >= 0.6 is 23.4 Å². The van der Waals surface area contributed by atoms with Crippen LogP contribution in [0.3, 0.4) is 0 Å². The third kappa shape index (κ3) is 4.07. The van der Waals surface area contributed by atoms with Crippen molar-refractivity contribution in [1.29, 1.82) is 0 Å². The second-order valence-electron chi connectivity index (χ2n) is 6.34. The van der Waals surface area contributed by atoms with Crippen molar-refractivity contribution < 1.29 is 4.42 Å². The van der Waals surface area contributed by atoms with E-state index in [9.17, 15) is 0 Å². The van der Waals surface area contributed by atoms with Crippen molar-refractivity contribution in [1.82, 2.24) is 19.7 Å². The summed E-state index contributed by atoms with van der Waals surface area (Å²) in [4.78, 5) is 4.67. The Morgan fingerprint density at radius 2 is 1.96 bits per heavy atom. The third-order valence-corrected chi connectivity index (χ3v) is 5.16. The normalized spacial score (nSPS) is 11.4. The number of hydrogen-bond donors (Lipinski definition) is 0. The van der Waals surface area contributed by atoms with E-state index in [1.165, 1.54) is 5.69 Å². The smallest absolute Gasteiger partial charge is 0.249 e. The quantitative estimate of drug-likeness (QED) is 0.556. The molecule has 0 saturated heterocycles. The molecule has 7 heteroatoms. The van der Waals surface area contributed by atoms with Crippen LogP contribution in [0.5, 0.6) is 0 Å². The maximum atomic E-state index is 6.18. The van der Waals surface area contributed by atoms with Crippen molar-refractivity contribution in [3.63, 3.8) is 0 Å². The van der Waals surface area contributed by atoms with E-state index in [1.54, 1.807) is 11.8 Å². The predicted octanol–water partition coefficient (Wildman–Crippen LogP) is 5.15. The molecule has 0 fully saturated rings. The van der Waals surface area contributed by atoms with Crippen molar-refractivity contribution >= 4 is 23.4 Å². The summed E-state index contributed by atoms with van der Waals surface area (Å²) in [5, 5.41) is 9.84. The van der Waals surface area contributed by atoms with Gasteiger partial charge in [0.1, 0.15) is 0 Å². The summed E-state index contributed by atoms with van der Waals surface area (Å²) in [6.45, 7) is 9.51. The van der Waals surface area contributed by atoms with Crippen molar-refractivity contribution in [2.45, 2.75) is 45.1 Å². The van der Waals surface area contributed by atoms with Crippen LogP contribution < -0.4 is 0 Å². The Labute approximate surface area is 156 Å². The van der Waals surface area contributed by atoms with E-state index in [0.717, 1.165) is 23.0 Å². The lowest BCUT2D eigenvalue weighted by molar-refractivity contribution is 0.485. The number of aromatic nitrogens is 4. The van der Waals surface area contributed by atoms with E-state index in [1.807, 2.05) is 31.2 Å². The molecule has 1 aromatic carbocycles. The minimum absolute atomic E-state index is 0.444. The van der Waals surface area contributed by atoms with Gasteiger partial charge in [-0.3, -0.25) is 0 Å². The van der Waals surface area contributed by atoms with Crippen LogP contribution in [-0.2, 0) is 12.3 Å². The SMILES string of the molecule is Cc1nc(SCc2nnc(-c3ccccc3Cl)o2)n(CC(C)C)c1C. The molecule has 0 aliphatic heterocycles. The summed E-state index contributed by atoms with van der Waals surface area (Å²) in [5.41, 5.74) is 3.02. The Morgan fingerprint density at radius 1 is 1.20 bits per heavy atom. The number of nitrogens with zero attached hydrogens (tertiary/aromatic N) is 4.